The largest absolute Gasteiger partial charge is 0.346 e. The van der Waals surface area contributed by atoms with Gasteiger partial charge in [-0.2, -0.15) is 0 Å². The minimum absolute atomic E-state index is 0.125. The molecular weight excluding hydrogens is 241 g/mol. The molecule has 1 N–H and O–H groups in total. The van der Waals surface area contributed by atoms with Gasteiger partial charge in [-0.15, -0.1) is 0 Å². The molecule has 2 aromatic rings. The molecule has 98 valence electrons. The Labute approximate surface area is 112 Å². The first-order chi connectivity index (χ1) is 9.06. The van der Waals surface area contributed by atoms with Crippen LogP contribution in [0.1, 0.15) is 34.5 Å². The van der Waals surface area contributed by atoms with Crippen LogP contribution in [0.3, 0.4) is 0 Å². The summed E-state index contributed by atoms with van der Waals surface area (Å²) >= 11 is 0. The maximum Gasteiger partial charge on any atom is 0.251 e. The lowest BCUT2D eigenvalue weighted by Crippen LogP contribution is -2.26. The average Bonchev–Trinajstić information content (AvgIpc) is 2.39. The molecule has 0 aliphatic rings. The van der Waals surface area contributed by atoms with Crippen LogP contribution in [0.25, 0.3) is 0 Å². The smallest absolute Gasteiger partial charge is 0.251 e. The van der Waals surface area contributed by atoms with E-state index in [2.05, 4.69) is 5.32 Å². The second-order valence-electron chi connectivity index (χ2n) is 4.62. The summed E-state index contributed by atoms with van der Waals surface area (Å²) in [5.41, 5.74) is 2.55. The number of aryl methyl sites for hydroxylation is 1. The molecule has 2 rings (SSSR count). The summed E-state index contributed by atoms with van der Waals surface area (Å²) in [4.78, 5) is 12.1. The van der Waals surface area contributed by atoms with Gasteiger partial charge in [-0.25, -0.2) is 4.39 Å². The van der Waals surface area contributed by atoms with E-state index in [1.165, 1.54) is 12.1 Å². The van der Waals surface area contributed by atoms with E-state index in [0.717, 1.165) is 11.1 Å². The Hall–Kier alpha value is -2.16. The lowest BCUT2D eigenvalue weighted by atomic mass is 10.1. The van der Waals surface area contributed by atoms with Crippen LogP contribution >= 0.6 is 0 Å². The molecule has 0 spiro atoms. The number of rotatable bonds is 3. The Bertz CT molecular complexity index is 578. The fourth-order valence-corrected chi connectivity index (χ4v) is 1.90. The number of hydrogen-bond acceptors (Lipinski definition) is 1. The second-order valence-corrected chi connectivity index (χ2v) is 4.62. The van der Waals surface area contributed by atoms with Crippen LogP contribution in [0.5, 0.6) is 0 Å². The normalized spacial score (nSPS) is 11.9. The van der Waals surface area contributed by atoms with Crippen molar-refractivity contribution in [1.29, 1.82) is 0 Å². The number of amides is 1. The number of hydrogen-bond donors (Lipinski definition) is 1. The molecule has 0 saturated heterocycles. The molecule has 0 saturated carbocycles. The van der Waals surface area contributed by atoms with Crippen molar-refractivity contribution >= 4 is 5.91 Å². The van der Waals surface area contributed by atoms with E-state index >= 15 is 0 Å². The van der Waals surface area contributed by atoms with Crippen molar-refractivity contribution in [3.8, 4) is 0 Å². The molecule has 2 nitrogen and oxygen atoms in total. The van der Waals surface area contributed by atoms with Crippen molar-refractivity contribution in [3.63, 3.8) is 0 Å². The summed E-state index contributed by atoms with van der Waals surface area (Å²) in [6.45, 7) is 3.82. The van der Waals surface area contributed by atoms with E-state index < -0.39 is 0 Å². The van der Waals surface area contributed by atoms with E-state index in [1.54, 1.807) is 18.2 Å². The predicted octanol–water partition coefficient (Wildman–Crippen LogP) is 3.63. The lowest BCUT2D eigenvalue weighted by molar-refractivity contribution is 0.0940. The molecule has 0 aliphatic carbocycles. The van der Waals surface area contributed by atoms with Crippen molar-refractivity contribution < 1.29 is 9.18 Å². The fraction of sp³-hybridized carbons (Fsp3) is 0.188. The zero-order chi connectivity index (χ0) is 13.8. The third-order valence-corrected chi connectivity index (χ3v) is 3.00. The molecule has 2 aromatic carbocycles. The molecule has 0 aliphatic heterocycles. The maximum absolute atomic E-state index is 12.8. The van der Waals surface area contributed by atoms with Gasteiger partial charge in [0, 0.05) is 5.56 Å². The van der Waals surface area contributed by atoms with Crippen LogP contribution in [-0.2, 0) is 0 Å². The molecule has 0 heterocycles. The number of nitrogens with one attached hydrogen (secondary N) is 1. The Kier molecular flexibility index (Phi) is 3.95. The molecule has 19 heavy (non-hydrogen) atoms. The van der Waals surface area contributed by atoms with Crippen molar-refractivity contribution in [2.75, 3.05) is 0 Å². The van der Waals surface area contributed by atoms with Crippen LogP contribution in [0, 0.1) is 12.7 Å². The number of carbonyl (C=O) groups is 1. The van der Waals surface area contributed by atoms with Gasteiger partial charge < -0.3 is 5.32 Å². The van der Waals surface area contributed by atoms with Crippen molar-refractivity contribution in [2.45, 2.75) is 19.9 Å². The second kappa shape index (κ2) is 5.65. The number of halogens is 1. The minimum atomic E-state index is -0.277. The zero-order valence-corrected chi connectivity index (χ0v) is 11.0. The SMILES string of the molecule is Cc1cccc(C(=O)N[C@@H](C)c2ccc(F)cc2)c1. The van der Waals surface area contributed by atoms with Gasteiger partial charge in [-0.1, -0.05) is 29.8 Å². The van der Waals surface area contributed by atoms with E-state index in [4.69, 9.17) is 0 Å². The van der Waals surface area contributed by atoms with Crippen LogP contribution in [0.2, 0.25) is 0 Å². The molecule has 3 heteroatoms. The molecular formula is C16H16FNO. The standard InChI is InChI=1S/C16H16FNO/c1-11-4-3-5-14(10-11)16(19)18-12(2)13-6-8-15(17)9-7-13/h3-10,12H,1-2H3,(H,18,19)/t12-/m0/s1. The third kappa shape index (κ3) is 3.41. The lowest BCUT2D eigenvalue weighted by Gasteiger charge is -2.14. The first-order valence-electron chi connectivity index (χ1n) is 6.19. The van der Waals surface area contributed by atoms with E-state index in [9.17, 15) is 9.18 Å². The topological polar surface area (TPSA) is 29.1 Å². The van der Waals surface area contributed by atoms with Gasteiger partial charge in [0.05, 0.1) is 6.04 Å². The summed E-state index contributed by atoms with van der Waals surface area (Å²) < 4.78 is 12.8. The van der Waals surface area contributed by atoms with Crippen molar-refractivity contribution in [2.24, 2.45) is 0 Å². The molecule has 1 amide bonds. The Morgan fingerprint density at radius 3 is 2.47 bits per heavy atom. The van der Waals surface area contributed by atoms with E-state index in [1.807, 2.05) is 32.0 Å². The molecule has 0 bridgehead atoms. The van der Waals surface area contributed by atoms with Gasteiger partial charge in [-0.3, -0.25) is 4.79 Å². The van der Waals surface area contributed by atoms with E-state index in [-0.39, 0.29) is 17.8 Å². The zero-order valence-electron chi connectivity index (χ0n) is 11.0. The maximum atomic E-state index is 12.8. The number of benzene rings is 2. The van der Waals surface area contributed by atoms with Gasteiger partial charge in [0.2, 0.25) is 0 Å². The highest BCUT2D eigenvalue weighted by atomic mass is 19.1. The van der Waals surface area contributed by atoms with Crippen LogP contribution in [0.15, 0.2) is 48.5 Å². The van der Waals surface area contributed by atoms with Gasteiger partial charge in [-0.05, 0) is 43.7 Å². The van der Waals surface area contributed by atoms with Crippen molar-refractivity contribution in [3.05, 3.63) is 71.0 Å². The highest BCUT2D eigenvalue weighted by molar-refractivity contribution is 5.94. The molecule has 0 aromatic heterocycles. The molecule has 1 atom stereocenters. The summed E-state index contributed by atoms with van der Waals surface area (Å²) in [6, 6.07) is 13.4. The van der Waals surface area contributed by atoms with Crippen LogP contribution < -0.4 is 5.32 Å². The average molecular weight is 257 g/mol. The summed E-state index contributed by atoms with van der Waals surface area (Å²) in [7, 11) is 0. The van der Waals surface area contributed by atoms with Crippen LogP contribution in [0.4, 0.5) is 4.39 Å². The Morgan fingerprint density at radius 1 is 1.16 bits per heavy atom. The minimum Gasteiger partial charge on any atom is -0.346 e. The Balaban J connectivity index is 2.08. The first-order valence-corrected chi connectivity index (χ1v) is 6.19. The first kappa shape index (κ1) is 13.3. The highest BCUT2D eigenvalue weighted by Gasteiger charge is 2.11. The number of carbonyl (C=O) groups excluding carboxylic acids is 1. The van der Waals surface area contributed by atoms with Gasteiger partial charge in [0.15, 0.2) is 0 Å². The van der Waals surface area contributed by atoms with Gasteiger partial charge in [0.25, 0.3) is 5.91 Å². The predicted molar refractivity (Wildman–Crippen MR) is 73.5 cm³/mol. The monoisotopic (exact) mass is 257 g/mol. The fourth-order valence-electron chi connectivity index (χ4n) is 1.90. The van der Waals surface area contributed by atoms with Crippen LogP contribution in [-0.4, -0.2) is 5.91 Å². The summed E-state index contributed by atoms with van der Waals surface area (Å²) in [5, 5.41) is 2.90. The van der Waals surface area contributed by atoms with E-state index in [0.29, 0.717) is 5.56 Å². The molecule has 0 fully saturated rings. The van der Waals surface area contributed by atoms with Gasteiger partial charge in [0.1, 0.15) is 5.82 Å². The summed E-state index contributed by atoms with van der Waals surface area (Å²) in [5.74, 6) is -0.401. The Morgan fingerprint density at radius 2 is 1.84 bits per heavy atom. The van der Waals surface area contributed by atoms with Crippen molar-refractivity contribution in [1.82, 2.24) is 5.32 Å². The molecule has 0 radical (unpaired) electrons. The quantitative estimate of drug-likeness (QED) is 0.893. The van der Waals surface area contributed by atoms with Gasteiger partial charge >= 0.3 is 0 Å². The highest BCUT2D eigenvalue weighted by Crippen LogP contribution is 2.14. The summed E-state index contributed by atoms with van der Waals surface area (Å²) in [6.07, 6.45) is 0. The third-order valence-electron chi connectivity index (χ3n) is 3.00. The molecule has 0 unspecified atom stereocenters.